The topological polar surface area (TPSA) is 74.2 Å². The van der Waals surface area contributed by atoms with E-state index in [1.54, 1.807) is 0 Å². The second-order valence-corrected chi connectivity index (χ2v) is 17.1. The van der Waals surface area contributed by atoms with Crippen LogP contribution in [0.3, 0.4) is 0 Å². The highest BCUT2D eigenvalue weighted by atomic mass is 15.0. The highest BCUT2D eigenvalue weighted by Crippen LogP contribution is 2.45. The summed E-state index contributed by atoms with van der Waals surface area (Å²) >= 11 is 0. The first-order chi connectivity index (χ1) is 35.1. The van der Waals surface area contributed by atoms with Gasteiger partial charge < -0.3 is 0 Å². The smallest absolute Gasteiger partial charge is 0.161 e. The Hall–Kier alpha value is -9.26. The Morgan fingerprint density at radius 3 is 1.31 bits per heavy atom. The maximum absolute atomic E-state index is 5.22. The summed E-state index contributed by atoms with van der Waals surface area (Å²) in [5, 5.41) is 4.50. The quantitative estimate of drug-likeness (QED) is 0.0665. The molecule has 0 radical (unpaired) electrons. The summed E-state index contributed by atoms with van der Waals surface area (Å²) in [6.45, 7) is 8.68. The molecular formula is C65H50N6. The number of hydrogen-bond donors (Lipinski definition) is 0. The molecule has 10 rings (SSSR count). The van der Waals surface area contributed by atoms with Crippen LogP contribution < -0.4 is 0 Å². The van der Waals surface area contributed by atoms with Crippen molar-refractivity contribution in [2.75, 3.05) is 0 Å². The first-order valence-corrected chi connectivity index (χ1v) is 23.7. The minimum atomic E-state index is -0.702. The highest BCUT2D eigenvalue weighted by Gasteiger charge is 2.38. The number of fused-ring (bicyclic) bond motifs is 2. The van der Waals surface area contributed by atoms with Gasteiger partial charge in [0.25, 0.3) is 0 Å². The summed E-state index contributed by atoms with van der Waals surface area (Å²) in [7, 11) is 0. The van der Waals surface area contributed by atoms with Crippen LogP contribution >= 0.6 is 0 Å². The van der Waals surface area contributed by atoms with Crippen molar-refractivity contribution in [2.45, 2.75) is 18.5 Å². The lowest BCUT2D eigenvalue weighted by atomic mass is 9.65. The van der Waals surface area contributed by atoms with Crippen molar-refractivity contribution in [2.24, 2.45) is 30.0 Å². The Morgan fingerprint density at radius 2 is 0.732 bits per heavy atom. The minimum absolute atomic E-state index is 0.401. The van der Waals surface area contributed by atoms with E-state index < -0.39 is 5.41 Å². The van der Waals surface area contributed by atoms with E-state index in [2.05, 4.69) is 193 Å². The van der Waals surface area contributed by atoms with Gasteiger partial charge >= 0.3 is 0 Å². The standard InChI is InChI=1S/C65H50N6/c1-66-61(50-23-7-3-8-24-50)70-63(69-46-53-29-19-27-48-21-15-17-34-58(48)53)52-39-43-57(44-40-52)65(54-30-11-5-12-31-54,55-32-13-6-14-33-55)56-41-37-47(38-42-56)45-68-62(51-25-9-4-10-26-51)71-64(67-2)60-36-20-28-49-22-16-18-35-59(49)60/h3-44H,1-2,45-46H2. The molecule has 6 heteroatoms. The fraction of sp³-hybridized carbons (Fsp3) is 0.0462. The number of aliphatic imine (C=N–C) groups is 6. The van der Waals surface area contributed by atoms with E-state index in [1.165, 1.54) is 5.39 Å². The Kier molecular flexibility index (Phi) is 13.7. The molecule has 0 aliphatic heterocycles. The highest BCUT2D eigenvalue weighted by molar-refractivity contribution is 6.17. The van der Waals surface area contributed by atoms with Crippen molar-refractivity contribution in [1.82, 2.24) is 0 Å². The maximum atomic E-state index is 5.22. The third-order valence-corrected chi connectivity index (χ3v) is 12.9. The van der Waals surface area contributed by atoms with E-state index in [0.717, 1.165) is 71.8 Å². The van der Waals surface area contributed by atoms with Crippen molar-refractivity contribution in [3.8, 4) is 0 Å². The molecule has 71 heavy (non-hydrogen) atoms. The van der Waals surface area contributed by atoms with Crippen LogP contribution in [0.15, 0.2) is 285 Å². The lowest BCUT2D eigenvalue weighted by Crippen LogP contribution is -2.31. The van der Waals surface area contributed by atoms with Crippen LogP contribution in [-0.4, -0.2) is 36.8 Å². The van der Waals surface area contributed by atoms with Crippen LogP contribution in [0.4, 0.5) is 0 Å². The van der Waals surface area contributed by atoms with Crippen molar-refractivity contribution in [3.63, 3.8) is 0 Å². The Labute approximate surface area is 415 Å². The van der Waals surface area contributed by atoms with Crippen LogP contribution in [-0.2, 0) is 18.5 Å². The average molecular weight is 915 g/mol. The van der Waals surface area contributed by atoms with E-state index in [0.29, 0.717) is 36.4 Å². The number of nitrogens with zero attached hydrogens (tertiary/aromatic N) is 6. The molecule has 10 aromatic rings. The third kappa shape index (κ3) is 9.73. The fourth-order valence-corrected chi connectivity index (χ4v) is 9.41. The van der Waals surface area contributed by atoms with E-state index in [9.17, 15) is 0 Å². The zero-order chi connectivity index (χ0) is 48.2. The van der Waals surface area contributed by atoms with Crippen LogP contribution in [0.25, 0.3) is 21.5 Å². The van der Waals surface area contributed by atoms with Crippen LogP contribution in [0.1, 0.15) is 55.6 Å². The van der Waals surface area contributed by atoms with Gasteiger partial charge in [-0.15, -0.1) is 0 Å². The van der Waals surface area contributed by atoms with Crippen LogP contribution in [0, 0.1) is 0 Å². The molecule has 10 aromatic carbocycles. The molecule has 0 saturated carbocycles. The predicted molar refractivity (Wildman–Crippen MR) is 298 cm³/mol. The molecule has 0 aliphatic rings. The molecular weight excluding hydrogens is 865 g/mol. The summed E-state index contributed by atoms with van der Waals surface area (Å²) in [6, 6.07) is 88.1. The number of hydrogen-bond acceptors (Lipinski definition) is 2. The molecule has 0 N–H and O–H groups in total. The van der Waals surface area contributed by atoms with Gasteiger partial charge in [0.1, 0.15) is 0 Å². The van der Waals surface area contributed by atoms with Gasteiger partial charge in [-0.25, -0.2) is 20.0 Å². The minimum Gasteiger partial charge on any atom is -0.261 e. The molecule has 0 spiro atoms. The van der Waals surface area contributed by atoms with E-state index >= 15 is 0 Å². The van der Waals surface area contributed by atoms with Crippen molar-refractivity contribution in [3.05, 3.63) is 310 Å². The van der Waals surface area contributed by atoms with Gasteiger partial charge in [-0.3, -0.25) is 9.98 Å². The van der Waals surface area contributed by atoms with Gasteiger partial charge in [0, 0.05) is 22.3 Å². The van der Waals surface area contributed by atoms with Gasteiger partial charge in [-0.05, 0) is 68.4 Å². The van der Waals surface area contributed by atoms with Gasteiger partial charge in [0.15, 0.2) is 23.3 Å². The summed E-state index contributed by atoms with van der Waals surface area (Å²) in [5.41, 5.74) is 9.44. The molecule has 0 saturated heterocycles. The van der Waals surface area contributed by atoms with Crippen molar-refractivity contribution < 1.29 is 0 Å². The SMILES string of the molecule is C=NC(=NC(=NCc1cccc2ccccc12)c1ccc(C(c2ccccc2)(c2ccccc2)c2ccc(CN=C(N=C(N=C)c3cccc4ccccc34)c3ccccc3)cc2)cc1)c1ccccc1. The normalized spacial score (nSPS) is 12.5. The first-order valence-electron chi connectivity index (χ1n) is 23.7. The number of benzene rings is 10. The zero-order valence-corrected chi connectivity index (χ0v) is 39.3. The largest absolute Gasteiger partial charge is 0.261 e. The van der Waals surface area contributed by atoms with Gasteiger partial charge in [0.2, 0.25) is 0 Å². The molecule has 0 aliphatic carbocycles. The predicted octanol–water partition coefficient (Wildman–Crippen LogP) is 14.6. The molecule has 0 fully saturated rings. The second kappa shape index (κ2) is 21.4. The first kappa shape index (κ1) is 45.5. The molecule has 340 valence electrons. The molecule has 0 heterocycles. The summed E-state index contributed by atoms with van der Waals surface area (Å²) < 4.78 is 0. The monoisotopic (exact) mass is 914 g/mol. The Balaban J connectivity index is 1.06. The second-order valence-electron chi connectivity index (χ2n) is 17.1. The maximum Gasteiger partial charge on any atom is 0.161 e. The van der Waals surface area contributed by atoms with Crippen molar-refractivity contribution >= 4 is 58.3 Å². The van der Waals surface area contributed by atoms with Crippen LogP contribution in [0.5, 0.6) is 0 Å². The molecule has 6 nitrogen and oxygen atoms in total. The fourth-order valence-electron chi connectivity index (χ4n) is 9.41. The summed E-state index contributed by atoms with van der Waals surface area (Å²) in [6.07, 6.45) is 0. The molecule has 0 bridgehead atoms. The average Bonchev–Trinajstić information content (AvgIpc) is 3.45. The van der Waals surface area contributed by atoms with E-state index in [1.807, 2.05) is 84.9 Å². The lowest BCUT2D eigenvalue weighted by Gasteiger charge is -2.37. The third-order valence-electron chi connectivity index (χ3n) is 12.9. The molecule has 0 unspecified atom stereocenters. The molecule has 0 amide bonds. The van der Waals surface area contributed by atoms with Gasteiger partial charge in [-0.2, -0.15) is 0 Å². The number of amidine groups is 4. The van der Waals surface area contributed by atoms with Crippen molar-refractivity contribution in [1.29, 1.82) is 0 Å². The van der Waals surface area contributed by atoms with Crippen LogP contribution in [0.2, 0.25) is 0 Å². The summed E-state index contributed by atoms with van der Waals surface area (Å²) in [5.74, 6) is 2.17. The molecule has 0 aromatic heterocycles. The molecule has 0 atom stereocenters. The summed E-state index contributed by atoms with van der Waals surface area (Å²) in [4.78, 5) is 29.4. The van der Waals surface area contributed by atoms with Gasteiger partial charge in [-0.1, -0.05) is 255 Å². The Morgan fingerprint density at radius 1 is 0.324 bits per heavy atom. The number of rotatable bonds is 12. The van der Waals surface area contributed by atoms with Gasteiger partial charge in [0.05, 0.1) is 18.5 Å². The lowest BCUT2D eigenvalue weighted by molar-refractivity contribution is 0.744. The zero-order valence-electron chi connectivity index (χ0n) is 39.3. The van der Waals surface area contributed by atoms with E-state index in [-0.39, 0.29) is 0 Å². The Bertz CT molecular complexity index is 3530. The van der Waals surface area contributed by atoms with E-state index in [4.69, 9.17) is 20.0 Å².